The topological polar surface area (TPSA) is 41.1 Å². The normalized spacial score (nSPS) is 14.7. The second kappa shape index (κ2) is 6.35. The van der Waals surface area contributed by atoms with E-state index in [4.69, 9.17) is 4.98 Å². The summed E-state index contributed by atoms with van der Waals surface area (Å²) in [5.74, 6) is 1.28. The molecule has 4 heteroatoms. The molecule has 2 rings (SSSR count). The molecule has 1 saturated carbocycles. The number of aromatic nitrogens is 2. The van der Waals surface area contributed by atoms with E-state index >= 15 is 0 Å². The van der Waals surface area contributed by atoms with Crippen LogP contribution in [0.1, 0.15) is 51.0 Å². The van der Waals surface area contributed by atoms with E-state index in [1.165, 1.54) is 12.8 Å². The summed E-state index contributed by atoms with van der Waals surface area (Å²) >= 11 is 0. The minimum Gasteiger partial charge on any atom is -0.368 e. The molecule has 1 aromatic rings. The van der Waals surface area contributed by atoms with Gasteiger partial charge in [-0.25, -0.2) is 9.97 Å². The minimum absolute atomic E-state index is 0.357. The summed E-state index contributed by atoms with van der Waals surface area (Å²) in [5, 5.41) is 3.55. The van der Waals surface area contributed by atoms with Crippen molar-refractivity contribution in [1.82, 2.24) is 15.3 Å². The molecular formula is C16H26N4. The Balaban J connectivity index is 2.20. The number of likely N-dealkylation sites (N-methyl/N-ethyl adjacent to an activating group) is 1. The van der Waals surface area contributed by atoms with E-state index in [1.54, 1.807) is 0 Å². The predicted octanol–water partition coefficient (Wildman–Crippen LogP) is 2.86. The molecule has 1 heterocycles. The summed E-state index contributed by atoms with van der Waals surface area (Å²) in [6.45, 7) is 11.9. The van der Waals surface area contributed by atoms with Crippen LogP contribution in [0.4, 0.5) is 5.69 Å². The van der Waals surface area contributed by atoms with Crippen molar-refractivity contribution in [2.45, 2.75) is 52.1 Å². The predicted molar refractivity (Wildman–Crippen MR) is 84.1 cm³/mol. The highest BCUT2D eigenvalue weighted by Crippen LogP contribution is 2.23. The second-order valence-corrected chi connectivity index (χ2v) is 6.18. The first-order valence-corrected chi connectivity index (χ1v) is 7.42. The van der Waals surface area contributed by atoms with Crippen molar-refractivity contribution in [2.75, 3.05) is 18.5 Å². The van der Waals surface area contributed by atoms with Gasteiger partial charge in [-0.15, -0.1) is 0 Å². The Hall–Kier alpha value is -1.42. The molecule has 0 aromatic carbocycles. The van der Waals surface area contributed by atoms with Crippen LogP contribution in [0, 0.1) is 0 Å². The van der Waals surface area contributed by atoms with E-state index in [9.17, 15) is 0 Å². The highest BCUT2D eigenvalue weighted by molar-refractivity contribution is 5.49. The number of hydrogen-bond acceptors (Lipinski definition) is 4. The fourth-order valence-electron chi connectivity index (χ4n) is 2.17. The molecule has 0 aliphatic heterocycles. The van der Waals surface area contributed by atoms with E-state index in [2.05, 4.69) is 42.7 Å². The largest absolute Gasteiger partial charge is 0.368 e. The average Bonchev–Trinajstić information content (AvgIpc) is 3.19. The van der Waals surface area contributed by atoms with E-state index in [1.807, 2.05) is 13.1 Å². The Morgan fingerprint density at radius 1 is 1.50 bits per heavy atom. The van der Waals surface area contributed by atoms with Crippen molar-refractivity contribution in [3.8, 4) is 0 Å². The maximum atomic E-state index is 4.76. The second-order valence-electron chi connectivity index (χ2n) is 6.18. The van der Waals surface area contributed by atoms with Crippen LogP contribution in [-0.4, -0.2) is 29.6 Å². The lowest BCUT2D eigenvalue weighted by atomic mass is 10.2. The quantitative estimate of drug-likeness (QED) is 0.776. The molecule has 0 atom stereocenters. The minimum atomic E-state index is 0.357. The van der Waals surface area contributed by atoms with E-state index in [-0.39, 0.29) is 0 Å². The standard InChI is InChI=1S/C16H26N4/c1-11(2)10-20(5)15-9-18-16(12(3)4)19-14(15)8-17-13-6-7-13/h9,12-13,17H,1,6-8,10H2,2-5H3. The molecule has 1 N–H and O–H groups in total. The van der Waals surface area contributed by atoms with Crippen molar-refractivity contribution in [2.24, 2.45) is 0 Å². The Morgan fingerprint density at radius 3 is 2.75 bits per heavy atom. The summed E-state index contributed by atoms with van der Waals surface area (Å²) in [5.41, 5.74) is 3.34. The van der Waals surface area contributed by atoms with Gasteiger partial charge in [0.25, 0.3) is 0 Å². The molecule has 110 valence electrons. The van der Waals surface area contributed by atoms with E-state index < -0.39 is 0 Å². The molecular weight excluding hydrogens is 248 g/mol. The van der Waals surface area contributed by atoms with Gasteiger partial charge in [0, 0.05) is 32.1 Å². The monoisotopic (exact) mass is 274 g/mol. The lowest BCUT2D eigenvalue weighted by Crippen LogP contribution is -2.25. The zero-order chi connectivity index (χ0) is 14.7. The SMILES string of the molecule is C=C(C)CN(C)c1cnc(C(C)C)nc1CNC1CC1. The summed E-state index contributed by atoms with van der Waals surface area (Å²) in [7, 11) is 2.07. The molecule has 0 amide bonds. The fraction of sp³-hybridized carbons (Fsp3) is 0.625. The summed E-state index contributed by atoms with van der Waals surface area (Å²) in [4.78, 5) is 11.4. The summed E-state index contributed by atoms with van der Waals surface area (Å²) in [6, 6.07) is 0.687. The smallest absolute Gasteiger partial charge is 0.131 e. The molecule has 20 heavy (non-hydrogen) atoms. The number of anilines is 1. The highest BCUT2D eigenvalue weighted by atomic mass is 15.1. The van der Waals surface area contributed by atoms with Crippen molar-refractivity contribution in [1.29, 1.82) is 0 Å². The van der Waals surface area contributed by atoms with Crippen LogP contribution in [0.15, 0.2) is 18.3 Å². The van der Waals surface area contributed by atoms with E-state index in [0.29, 0.717) is 12.0 Å². The van der Waals surface area contributed by atoms with Crippen molar-refractivity contribution in [3.05, 3.63) is 29.9 Å². The first-order chi connectivity index (χ1) is 9.47. The Bertz CT molecular complexity index is 477. The maximum Gasteiger partial charge on any atom is 0.131 e. The fourth-order valence-corrected chi connectivity index (χ4v) is 2.17. The van der Waals surface area contributed by atoms with Gasteiger partial charge in [-0.1, -0.05) is 26.0 Å². The van der Waals surface area contributed by atoms with Gasteiger partial charge in [0.15, 0.2) is 0 Å². The van der Waals surface area contributed by atoms with Crippen LogP contribution in [0.2, 0.25) is 0 Å². The van der Waals surface area contributed by atoms with Crippen LogP contribution in [-0.2, 0) is 6.54 Å². The molecule has 1 aliphatic rings. The van der Waals surface area contributed by atoms with Gasteiger partial charge >= 0.3 is 0 Å². The zero-order valence-corrected chi connectivity index (χ0v) is 13.1. The Kier molecular flexibility index (Phi) is 4.76. The summed E-state index contributed by atoms with van der Waals surface area (Å²) < 4.78 is 0. The molecule has 0 bridgehead atoms. The van der Waals surface area contributed by atoms with Crippen LogP contribution < -0.4 is 10.2 Å². The molecule has 4 nitrogen and oxygen atoms in total. The lowest BCUT2D eigenvalue weighted by molar-refractivity contribution is 0.657. The molecule has 1 fully saturated rings. The van der Waals surface area contributed by atoms with Crippen molar-refractivity contribution < 1.29 is 0 Å². The molecule has 0 spiro atoms. The van der Waals surface area contributed by atoms with Gasteiger partial charge in [-0.05, 0) is 19.8 Å². The van der Waals surface area contributed by atoms with Crippen LogP contribution in [0.5, 0.6) is 0 Å². The highest BCUT2D eigenvalue weighted by Gasteiger charge is 2.21. The maximum absolute atomic E-state index is 4.76. The first kappa shape index (κ1) is 15.0. The molecule has 0 radical (unpaired) electrons. The number of nitrogens with zero attached hydrogens (tertiary/aromatic N) is 3. The third-order valence-corrected chi connectivity index (χ3v) is 3.43. The summed E-state index contributed by atoms with van der Waals surface area (Å²) in [6.07, 6.45) is 4.54. The number of rotatable bonds is 7. The van der Waals surface area contributed by atoms with Gasteiger partial charge in [0.05, 0.1) is 17.6 Å². The molecule has 1 aliphatic carbocycles. The Morgan fingerprint density at radius 2 is 2.20 bits per heavy atom. The third-order valence-electron chi connectivity index (χ3n) is 3.43. The van der Waals surface area contributed by atoms with Gasteiger partial charge in [-0.3, -0.25) is 0 Å². The van der Waals surface area contributed by atoms with Crippen molar-refractivity contribution in [3.63, 3.8) is 0 Å². The van der Waals surface area contributed by atoms with Gasteiger partial charge in [0.2, 0.25) is 0 Å². The first-order valence-electron chi connectivity index (χ1n) is 7.42. The average molecular weight is 274 g/mol. The lowest BCUT2D eigenvalue weighted by Gasteiger charge is -2.22. The Labute approximate surface area is 122 Å². The van der Waals surface area contributed by atoms with E-state index in [0.717, 1.165) is 35.9 Å². The molecule has 0 saturated heterocycles. The van der Waals surface area contributed by atoms with Crippen molar-refractivity contribution >= 4 is 5.69 Å². The zero-order valence-electron chi connectivity index (χ0n) is 13.1. The number of hydrogen-bond donors (Lipinski definition) is 1. The van der Waals surface area contributed by atoms with Crippen LogP contribution in [0.25, 0.3) is 0 Å². The molecule has 1 aromatic heterocycles. The third kappa shape index (κ3) is 4.04. The van der Waals surface area contributed by atoms with Crippen LogP contribution >= 0.6 is 0 Å². The van der Waals surface area contributed by atoms with Gasteiger partial charge < -0.3 is 10.2 Å². The van der Waals surface area contributed by atoms with Gasteiger partial charge in [0.1, 0.15) is 5.82 Å². The molecule has 0 unspecified atom stereocenters. The van der Waals surface area contributed by atoms with Crippen LogP contribution in [0.3, 0.4) is 0 Å². The van der Waals surface area contributed by atoms with Gasteiger partial charge in [-0.2, -0.15) is 0 Å². The number of nitrogens with one attached hydrogen (secondary N) is 1.